The molecule has 1 nitrogen and oxygen atoms in total. The number of hydrogen-bond acceptors (Lipinski definition) is 2. The Kier molecular flexibility index (Phi) is 6.47. The van der Waals surface area contributed by atoms with Crippen LogP contribution >= 0.6 is 11.3 Å². The summed E-state index contributed by atoms with van der Waals surface area (Å²) in [5.74, 6) is -0.0177. The molecule has 52 heavy (non-hydrogen) atoms. The second kappa shape index (κ2) is 11.4. The summed E-state index contributed by atoms with van der Waals surface area (Å²) in [6, 6.07) is 69.0. The summed E-state index contributed by atoms with van der Waals surface area (Å²) in [4.78, 5) is 0. The molecule has 244 valence electrons. The average Bonchev–Trinajstić information content (AvgIpc) is 3.88. The van der Waals surface area contributed by atoms with E-state index in [-0.39, 0.29) is 5.92 Å². The van der Waals surface area contributed by atoms with E-state index in [0.29, 0.717) is 0 Å². The highest BCUT2D eigenvalue weighted by atomic mass is 32.1. The van der Waals surface area contributed by atoms with Crippen molar-refractivity contribution in [1.82, 2.24) is 0 Å². The Hall–Kier alpha value is -6.22. The van der Waals surface area contributed by atoms with Crippen LogP contribution in [0.3, 0.4) is 0 Å². The van der Waals surface area contributed by atoms with Crippen LogP contribution in [0.25, 0.3) is 53.2 Å². The van der Waals surface area contributed by atoms with Crippen LogP contribution in [0.1, 0.15) is 44.9 Å². The summed E-state index contributed by atoms with van der Waals surface area (Å²) in [5.41, 5.74) is 12.7. The lowest BCUT2D eigenvalue weighted by Gasteiger charge is -2.33. The van der Waals surface area contributed by atoms with E-state index in [1.165, 1.54) is 70.2 Å². The van der Waals surface area contributed by atoms with Crippen LogP contribution in [0.2, 0.25) is 0 Å². The SMILES string of the molecule is c1ccc(C(c2cccc3c2oc2cc(C4(c5ccccc5)c5ccccc5-c5ccccc54)ccc23)c2cccc3sc4ccccc4c23)cc1. The minimum absolute atomic E-state index is 0.0177. The number of furan rings is 1. The maximum Gasteiger partial charge on any atom is 0.139 e. The topological polar surface area (TPSA) is 13.1 Å². The van der Waals surface area contributed by atoms with Crippen LogP contribution in [0.15, 0.2) is 192 Å². The first kappa shape index (κ1) is 29.5. The molecule has 2 heteroatoms. The molecule has 10 aromatic rings. The van der Waals surface area contributed by atoms with E-state index in [1.807, 2.05) is 11.3 Å². The molecule has 0 amide bonds. The van der Waals surface area contributed by atoms with Gasteiger partial charge in [0.05, 0.1) is 5.41 Å². The van der Waals surface area contributed by atoms with E-state index < -0.39 is 5.41 Å². The van der Waals surface area contributed by atoms with Gasteiger partial charge in [0.2, 0.25) is 0 Å². The molecular weight excluding hydrogens is 649 g/mol. The van der Waals surface area contributed by atoms with Gasteiger partial charge in [0, 0.05) is 42.4 Å². The third-order valence-electron chi connectivity index (χ3n) is 11.3. The third kappa shape index (κ3) is 4.10. The summed E-state index contributed by atoms with van der Waals surface area (Å²) < 4.78 is 9.77. The molecule has 0 radical (unpaired) electrons. The zero-order valence-corrected chi connectivity index (χ0v) is 29.1. The van der Waals surface area contributed by atoms with Crippen molar-refractivity contribution >= 4 is 53.4 Å². The molecule has 1 aliphatic rings. The minimum Gasteiger partial charge on any atom is -0.456 e. The van der Waals surface area contributed by atoms with Crippen molar-refractivity contribution in [1.29, 1.82) is 0 Å². The molecular formula is C50H32OS. The van der Waals surface area contributed by atoms with Gasteiger partial charge in [-0.3, -0.25) is 0 Å². The van der Waals surface area contributed by atoms with E-state index >= 15 is 0 Å². The van der Waals surface area contributed by atoms with Gasteiger partial charge in [-0.15, -0.1) is 11.3 Å². The van der Waals surface area contributed by atoms with Crippen molar-refractivity contribution in [2.75, 3.05) is 0 Å². The summed E-state index contributed by atoms with van der Waals surface area (Å²) in [6.07, 6.45) is 0. The van der Waals surface area contributed by atoms with Gasteiger partial charge in [-0.25, -0.2) is 0 Å². The number of fused-ring (bicyclic) bond motifs is 9. The Bertz CT molecular complexity index is 2920. The molecule has 1 unspecified atom stereocenters. The zero-order valence-electron chi connectivity index (χ0n) is 28.3. The van der Waals surface area contributed by atoms with Gasteiger partial charge in [0.1, 0.15) is 11.2 Å². The van der Waals surface area contributed by atoms with Gasteiger partial charge in [-0.2, -0.15) is 0 Å². The molecule has 0 spiro atoms. The van der Waals surface area contributed by atoms with Crippen LogP contribution < -0.4 is 0 Å². The normalized spacial score (nSPS) is 13.8. The molecule has 2 aromatic heterocycles. The van der Waals surface area contributed by atoms with Crippen LogP contribution in [-0.4, -0.2) is 0 Å². The third-order valence-corrected chi connectivity index (χ3v) is 12.4. The number of rotatable bonds is 5. The van der Waals surface area contributed by atoms with Crippen molar-refractivity contribution in [3.8, 4) is 11.1 Å². The number of para-hydroxylation sites is 1. The van der Waals surface area contributed by atoms with Gasteiger partial charge in [0.25, 0.3) is 0 Å². The Morgan fingerprint density at radius 1 is 0.442 bits per heavy atom. The predicted octanol–water partition coefficient (Wildman–Crippen LogP) is 13.5. The molecule has 2 heterocycles. The summed E-state index contributed by atoms with van der Waals surface area (Å²) in [5, 5.41) is 4.91. The highest BCUT2D eigenvalue weighted by Gasteiger charge is 2.46. The van der Waals surface area contributed by atoms with Gasteiger partial charge < -0.3 is 4.42 Å². The highest BCUT2D eigenvalue weighted by Crippen LogP contribution is 2.56. The van der Waals surface area contributed by atoms with Crippen molar-refractivity contribution in [3.05, 3.63) is 227 Å². The Labute approximate surface area is 306 Å². The minimum atomic E-state index is -0.479. The average molecular weight is 681 g/mol. The maximum absolute atomic E-state index is 7.15. The number of thiophene rings is 1. The van der Waals surface area contributed by atoms with E-state index in [1.54, 1.807) is 0 Å². The Morgan fingerprint density at radius 2 is 1.06 bits per heavy atom. The summed E-state index contributed by atoms with van der Waals surface area (Å²) >= 11 is 1.87. The van der Waals surface area contributed by atoms with E-state index in [9.17, 15) is 0 Å². The Balaban J connectivity index is 1.18. The fourth-order valence-electron chi connectivity index (χ4n) is 9.21. The smallest absolute Gasteiger partial charge is 0.139 e. The quantitative estimate of drug-likeness (QED) is 0.165. The lowest BCUT2D eigenvalue weighted by Crippen LogP contribution is -2.28. The van der Waals surface area contributed by atoms with Gasteiger partial charge in [-0.05, 0) is 62.7 Å². The lowest BCUT2D eigenvalue weighted by atomic mass is 9.67. The van der Waals surface area contributed by atoms with Gasteiger partial charge in [0.15, 0.2) is 0 Å². The van der Waals surface area contributed by atoms with Crippen molar-refractivity contribution in [2.24, 2.45) is 0 Å². The molecule has 0 saturated carbocycles. The first-order valence-corrected chi connectivity index (χ1v) is 18.8. The number of benzene rings is 8. The van der Waals surface area contributed by atoms with Gasteiger partial charge >= 0.3 is 0 Å². The molecule has 11 rings (SSSR count). The van der Waals surface area contributed by atoms with E-state index in [4.69, 9.17) is 4.42 Å². The first-order valence-electron chi connectivity index (χ1n) is 18.0. The highest BCUT2D eigenvalue weighted by molar-refractivity contribution is 7.25. The van der Waals surface area contributed by atoms with Crippen LogP contribution in [0, 0.1) is 0 Å². The van der Waals surface area contributed by atoms with Crippen molar-refractivity contribution in [3.63, 3.8) is 0 Å². The molecule has 0 bridgehead atoms. The second-order valence-electron chi connectivity index (χ2n) is 13.9. The lowest BCUT2D eigenvalue weighted by molar-refractivity contribution is 0.658. The van der Waals surface area contributed by atoms with E-state index in [0.717, 1.165) is 21.9 Å². The Morgan fingerprint density at radius 3 is 1.85 bits per heavy atom. The molecule has 8 aromatic carbocycles. The number of hydrogen-bond donors (Lipinski definition) is 0. The van der Waals surface area contributed by atoms with Crippen molar-refractivity contribution < 1.29 is 4.42 Å². The van der Waals surface area contributed by atoms with Crippen molar-refractivity contribution in [2.45, 2.75) is 11.3 Å². The van der Waals surface area contributed by atoms with Gasteiger partial charge in [-0.1, -0.05) is 170 Å². The first-order chi connectivity index (χ1) is 25.8. The van der Waals surface area contributed by atoms with Crippen LogP contribution in [-0.2, 0) is 5.41 Å². The second-order valence-corrected chi connectivity index (χ2v) is 15.0. The molecule has 1 atom stereocenters. The van der Waals surface area contributed by atoms with Crippen LogP contribution in [0.5, 0.6) is 0 Å². The monoisotopic (exact) mass is 680 g/mol. The molecule has 0 saturated heterocycles. The summed E-state index contributed by atoms with van der Waals surface area (Å²) in [7, 11) is 0. The molecule has 0 aliphatic heterocycles. The molecule has 1 aliphatic carbocycles. The zero-order chi connectivity index (χ0) is 34.2. The largest absolute Gasteiger partial charge is 0.456 e. The van der Waals surface area contributed by atoms with E-state index in [2.05, 4.69) is 188 Å². The maximum atomic E-state index is 7.15. The fourth-order valence-corrected chi connectivity index (χ4v) is 10.3. The molecule has 0 N–H and O–H groups in total. The summed E-state index contributed by atoms with van der Waals surface area (Å²) in [6.45, 7) is 0. The standard InChI is InChI=1S/C50H32OS/c1-3-15-32(16-4-1)47(40-23-14-28-46-48(40)39-21-9-12-27-45(39)52-46)41-24-13-22-38-37-30-29-34(31-44(37)51-49(38)41)50(33-17-5-2-6-18-33)42-25-10-7-19-35(42)36-20-8-11-26-43(36)50/h1-31,47H. The molecule has 0 fully saturated rings. The van der Waals surface area contributed by atoms with Crippen LogP contribution in [0.4, 0.5) is 0 Å². The fraction of sp³-hybridized carbons (Fsp3) is 0.0400. The predicted molar refractivity (Wildman–Crippen MR) is 218 cm³/mol.